The second-order valence-corrected chi connectivity index (χ2v) is 9.15. The second-order valence-electron chi connectivity index (χ2n) is 8.71. The summed E-state index contributed by atoms with van der Waals surface area (Å²) in [4.78, 5) is 26.6. The van der Waals surface area contributed by atoms with Crippen molar-refractivity contribution < 1.29 is 13.9 Å². The molecule has 2 aromatic heterocycles. The van der Waals surface area contributed by atoms with Crippen molar-refractivity contribution in [3.63, 3.8) is 0 Å². The van der Waals surface area contributed by atoms with Crippen molar-refractivity contribution >= 4 is 34.4 Å². The van der Waals surface area contributed by atoms with Gasteiger partial charge in [0, 0.05) is 43.9 Å². The summed E-state index contributed by atoms with van der Waals surface area (Å²) in [6, 6.07) is 13.1. The van der Waals surface area contributed by atoms with E-state index in [9.17, 15) is 9.18 Å². The monoisotopic (exact) mass is 508 g/mol. The Balaban J connectivity index is 1.49. The van der Waals surface area contributed by atoms with Gasteiger partial charge < -0.3 is 14.5 Å². The van der Waals surface area contributed by atoms with Gasteiger partial charge in [-0.25, -0.2) is 19.0 Å². The molecule has 4 aromatic rings. The first kappa shape index (κ1) is 24.1. The van der Waals surface area contributed by atoms with Crippen LogP contribution in [0.2, 0.25) is 5.02 Å². The van der Waals surface area contributed by atoms with E-state index in [1.807, 2.05) is 36.1 Å². The van der Waals surface area contributed by atoms with E-state index in [0.29, 0.717) is 48.2 Å². The molecule has 0 aliphatic carbocycles. The number of aryl methyl sites for hydroxylation is 1. The highest BCUT2D eigenvalue weighted by Crippen LogP contribution is 2.30. The first-order valence-corrected chi connectivity index (χ1v) is 12.1. The predicted octanol–water partition coefficient (Wildman–Crippen LogP) is 4.42. The summed E-state index contributed by atoms with van der Waals surface area (Å²) in [5, 5.41) is 6.23. The maximum Gasteiger partial charge on any atom is 0.253 e. The molecule has 8 nitrogen and oxygen atoms in total. The molecule has 0 unspecified atom stereocenters. The lowest BCUT2D eigenvalue weighted by molar-refractivity contribution is 0.0767. The van der Waals surface area contributed by atoms with Crippen molar-refractivity contribution in [1.82, 2.24) is 24.6 Å². The molecule has 0 radical (unpaired) electrons. The topological polar surface area (TPSA) is 76.4 Å². The average molecular weight is 509 g/mol. The molecular weight excluding hydrogens is 483 g/mol. The van der Waals surface area contributed by atoms with Crippen molar-refractivity contribution in [1.29, 1.82) is 0 Å². The Kier molecular flexibility index (Phi) is 6.84. The van der Waals surface area contributed by atoms with Crippen LogP contribution in [0.5, 0.6) is 0 Å². The Morgan fingerprint density at radius 3 is 2.64 bits per heavy atom. The van der Waals surface area contributed by atoms with Gasteiger partial charge in [-0.1, -0.05) is 17.7 Å². The van der Waals surface area contributed by atoms with Crippen molar-refractivity contribution in [2.75, 3.05) is 38.2 Å². The molecule has 0 atom stereocenters. The lowest BCUT2D eigenvalue weighted by Gasteiger charge is -2.24. The number of hydrogen-bond acceptors (Lipinski definition) is 6. The molecule has 0 spiro atoms. The summed E-state index contributed by atoms with van der Waals surface area (Å²) >= 11 is 6.24. The van der Waals surface area contributed by atoms with Crippen LogP contribution in [-0.2, 0) is 11.3 Å². The highest BCUT2D eigenvalue weighted by Gasteiger charge is 2.25. The van der Waals surface area contributed by atoms with E-state index in [1.54, 1.807) is 11.8 Å². The molecule has 1 amide bonds. The molecule has 10 heteroatoms. The molecule has 5 rings (SSSR count). The largest absolute Gasteiger partial charge is 0.377 e. The number of methoxy groups -OCH3 is 1. The number of halogens is 2. The van der Waals surface area contributed by atoms with Crippen LogP contribution >= 0.6 is 11.6 Å². The van der Waals surface area contributed by atoms with Gasteiger partial charge in [0.15, 0.2) is 11.5 Å². The normalized spacial score (nSPS) is 14.3. The summed E-state index contributed by atoms with van der Waals surface area (Å²) in [5.41, 5.74) is 2.76. The summed E-state index contributed by atoms with van der Waals surface area (Å²) in [6.45, 7) is 4.62. The maximum atomic E-state index is 13.3. The van der Waals surface area contributed by atoms with Gasteiger partial charge in [-0.2, -0.15) is 5.10 Å². The van der Waals surface area contributed by atoms with Crippen molar-refractivity contribution in [3.8, 4) is 5.69 Å². The van der Waals surface area contributed by atoms with Gasteiger partial charge in [-0.05, 0) is 55.8 Å². The summed E-state index contributed by atoms with van der Waals surface area (Å²) < 4.78 is 20.4. The minimum Gasteiger partial charge on any atom is -0.377 e. The van der Waals surface area contributed by atoms with Crippen LogP contribution in [0.25, 0.3) is 16.7 Å². The third-order valence-electron chi connectivity index (χ3n) is 6.23. The van der Waals surface area contributed by atoms with Crippen molar-refractivity contribution in [2.45, 2.75) is 20.0 Å². The van der Waals surface area contributed by atoms with Crippen molar-refractivity contribution in [2.24, 2.45) is 0 Å². The van der Waals surface area contributed by atoms with E-state index in [-0.39, 0.29) is 18.3 Å². The number of anilines is 1. The number of ether oxygens (including phenoxy) is 1. The zero-order valence-corrected chi connectivity index (χ0v) is 20.9. The molecule has 36 heavy (non-hydrogen) atoms. The van der Waals surface area contributed by atoms with E-state index in [2.05, 4.69) is 4.90 Å². The van der Waals surface area contributed by atoms with Crippen LogP contribution in [0.1, 0.15) is 28.3 Å². The highest BCUT2D eigenvalue weighted by atomic mass is 35.5. The van der Waals surface area contributed by atoms with Gasteiger partial charge in [0.1, 0.15) is 18.2 Å². The quantitative estimate of drug-likeness (QED) is 0.397. The van der Waals surface area contributed by atoms with Crippen LogP contribution in [0, 0.1) is 12.7 Å². The van der Waals surface area contributed by atoms with E-state index in [4.69, 9.17) is 31.4 Å². The fourth-order valence-electron chi connectivity index (χ4n) is 4.52. The maximum absolute atomic E-state index is 13.3. The first-order chi connectivity index (χ1) is 17.4. The molecule has 0 N–H and O–H groups in total. The Labute approximate surface area is 213 Å². The van der Waals surface area contributed by atoms with Crippen LogP contribution < -0.4 is 4.90 Å². The second kappa shape index (κ2) is 10.2. The average Bonchev–Trinajstić information content (AvgIpc) is 3.04. The van der Waals surface area contributed by atoms with E-state index in [0.717, 1.165) is 29.0 Å². The number of carbonyl (C=O) groups is 1. The first-order valence-electron chi connectivity index (χ1n) is 11.8. The number of hydrogen-bond donors (Lipinski definition) is 0. The smallest absolute Gasteiger partial charge is 0.253 e. The van der Waals surface area contributed by atoms with Crippen LogP contribution in [-0.4, -0.2) is 63.8 Å². The van der Waals surface area contributed by atoms with Gasteiger partial charge in [0.25, 0.3) is 5.91 Å². The fraction of sp³-hybridized carbons (Fsp3) is 0.308. The molecule has 0 saturated carbocycles. The molecular formula is C26H26ClFN6O2. The Bertz CT molecular complexity index is 1410. The summed E-state index contributed by atoms with van der Waals surface area (Å²) in [7, 11) is 1.61. The Hall–Kier alpha value is -3.56. The predicted molar refractivity (Wildman–Crippen MR) is 136 cm³/mol. The number of benzene rings is 2. The zero-order valence-electron chi connectivity index (χ0n) is 20.1. The fourth-order valence-corrected chi connectivity index (χ4v) is 4.71. The number of fused-ring (bicyclic) bond motifs is 1. The molecule has 2 aromatic carbocycles. The Morgan fingerprint density at radius 2 is 1.89 bits per heavy atom. The SMILES string of the molecule is COCc1nc(N2CCCN(C(=O)c3ccc(F)cc3)CC2)c2c(C)nn(-c3cccc(Cl)c3)c2n1. The number of aromatic nitrogens is 4. The van der Waals surface area contributed by atoms with E-state index < -0.39 is 0 Å². The molecule has 3 heterocycles. The minimum absolute atomic E-state index is 0.102. The van der Waals surface area contributed by atoms with E-state index in [1.165, 1.54) is 24.3 Å². The van der Waals surface area contributed by atoms with Gasteiger partial charge in [-0.15, -0.1) is 0 Å². The lowest BCUT2D eigenvalue weighted by atomic mass is 10.2. The molecule has 0 bridgehead atoms. The number of amides is 1. The number of nitrogens with zero attached hydrogens (tertiary/aromatic N) is 6. The summed E-state index contributed by atoms with van der Waals surface area (Å²) in [6.07, 6.45) is 0.763. The van der Waals surface area contributed by atoms with Crippen LogP contribution in [0.3, 0.4) is 0 Å². The molecule has 186 valence electrons. The molecule has 1 aliphatic heterocycles. The van der Waals surface area contributed by atoms with Gasteiger partial charge >= 0.3 is 0 Å². The number of rotatable bonds is 5. The van der Waals surface area contributed by atoms with Crippen LogP contribution in [0.15, 0.2) is 48.5 Å². The lowest BCUT2D eigenvalue weighted by Crippen LogP contribution is -2.35. The van der Waals surface area contributed by atoms with Crippen LogP contribution in [0.4, 0.5) is 10.2 Å². The van der Waals surface area contributed by atoms with Crippen molar-refractivity contribution in [3.05, 3.63) is 76.5 Å². The van der Waals surface area contributed by atoms with Gasteiger partial charge in [0.05, 0.1) is 16.8 Å². The molecule has 1 aliphatic rings. The number of carbonyl (C=O) groups excluding carboxylic acids is 1. The molecule has 1 fully saturated rings. The Morgan fingerprint density at radius 1 is 1.08 bits per heavy atom. The minimum atomic E-state index is -0.359. The van der Waals surface area contributed by atoms with Gasteiger partial charge in [0.2, 0.25) is 0 Å². The van der Waals surface area contributed by atoms with Gasteiger partial charge in [-0.3, -0.25) is 4.79 Å². The summed E-state index contributed by atoms with van der Waals surface area (Å²) in [5.74, 6) is 0.859. The highest BCUT2D eigenvalue weighted by molar-refractivity contribution is 6.30. The zero-order chi connectivity index (χ0) is 25.2. The third-order valence-corrected chi connectivity index (χ3v) is 6.46. The third kappa shape index (κ3) is 4.76. The van der Waals surface area contributed by atoms with E-state index >= 15 is 0 Å². The molecule has 1 saturated heterocycles. The standard InChI is InChI=1S/C26H26ClFN6O2/c1-17-23-24(32-11-4-12-33(14-13-32)26(35)18-7-9-20(28)10-8-18)29-22(16-36-2)30-25(23)34(31-17)21-6-3-5-19(27)15-21/h3,5-10,15H,4,11-14,16H2,1-2H3.